The highest BCUT2D eigenvalue weighted by molar-refractivity contribution is 7.91. The summed E-state index contributed by atoms with van der Waals surface area (Å²) in [5.41, 5.74) is 2.36. The van der Waals surface area contributed by atoms with Crippen molar-refractivity contribution in [3.8, 4) is 28.5 Å². The van der Waals surface area contributed by atoms with Crippen LogP contribution in [0.25, 0.3) is 11.3 Å². The maximum Gasteiger partial charge on any atom is 0.233 e. The molecule has 1 aromatic carbocycles. The largest absolute Gasteiger partial charge is 0.488 e. The summed E-state index contributed by atoms with van der Waals surface area (Å²) in [6.07, 6.45) is 1.01. The van der Waals surface area contributed by atoms with Gasteiger partial charge in [-0.1, -0.05) is 6.92 Å². The third kappa shape index (κ3) is 5.40. The number of pyridine rings is 1. The molecule has 0 spiro atoms. The lowest BCUT2D eigenvalue weighted by Crippen LogP contribution is -2.16. The first kappa shape index (κ1) is 23.8. The van der Waals surface area contributed by atoms with Gasteiger partial charge in [-0.05, 0) is 50.2 Å². The zero-order chi connectivity index (χ0) is 24.3. The third-order valence-corrected chi connectivity index (χ3v) is 6.79. The summed E-state index contributed by atoms with van der Waals surface area (Å²) in [5, 5.41) is 9.40. The standard InChI is InChI=1S/C24H27N3O6S/c1-4-34(29,30)23-8-5-18(13-25-23)33-20-10-17(9-19(11-20)31-16(3)14-28)21-6-7-22(27-21)24-26-12-15(2)32-24/h5-11,13,15-16,27-28H,4,12,14H2,1-3H3/t15-,16-/m0/s1. The molecule has 9 nitrogen and oxygen atoms in total. The minimum Gasteiger partial charge on any atom is -0.488 e. The van der Waals surface area contributed by atoms with Crippen LogP contribution in [0.2, 0.25) is 0 Å². The number of benzene rings is 1. The number of nitrogens with zero attached hydrogens (tertiary/aromatic N) is 2. The van der Waals surface area contributed by atoms with Crippen molar-refractivity contribution >= 4 is 15.7 Å². The quantitative estimate of drug-likeness (QED) is 0.475. The Balaban J connectivity index is 1.63. The number of aromatic nitrogens is 2. The van der Waals surface area contributed by atoms with Gasteiger partial charge in [0.25, 0.3) is 0 Å². The Hall–Kier alpha value is -3.37. The molecule has 2 aromatic heterocycles. The molecule has 1 aliphatic rings. The number of aromatic amines is 1. The first-order valence-electron chi connectivity index (χ1n) is 11.0. The van der Waals surface area contributed by atoms with Gasteiger partial charge >= 0.3 is 0 Å². The highest BCUT2D eigenvalue weighted by Gasteiger charge is 2.19. The van der Waals surface area contributed by atoms with Crippen LogP contribution in [-0.4, -0.2) is 60.5 Å². The van der Waals surface area contributed by atoms with E-state index in [1.54, 1.807) is 26.0 Å². The van der Waals surface area contributed by atoms with Gasteiger partial charge in [-0.3, -0.25) is 0 Å². The summed E-state index contributed by atoms with van der Waals surface area (Å²) >= 11 is 0. The van der Waals surface area contributed by atoms with E-state index in [4.69, 9.17) is 14.2 Å². The summed E-state index contributed by atoms with van der Waals surface area (Å²) in [6.45, 7) is 5.77. The average Bonchev–Trinajstić information content (AvgIpc) is 3.48. The van der Waals surface area contributed by atoms with Gasteiger partial charge in [-0.15, -0.1) is 0 Å². The number of hydrogen-bond acceptors (Lipinski definition) is 8. The van der Waals surface area contributed by atoms with Crippen LogP contribution in [0.3, 0.4) is 0 Å². The maximum atomic E-state index is 12.0. The Morgan fingerprint density at radius 2 is 1.91 bits per heavy atom. The molecule has 3 aromatic rings. The number of nitrogens with one attached hydrogen (secondary N) is 1. The van der Waals surface area contributed by atoms with Gasteiger partial charge in [-0.25, -0.2) is 18.4 Å². The lowest BCUT2D eigenvalue weighted by molar-refractivity contribution is 0.129. The van der Waals surface area contributed by atoms with Crippen molar-refractivity contribution in [1.29, 1.82) is 0 Å². The van der Waals surface area contributed by atoms with Gasteiger partial charge in [0.15, 0.2) is 14.9 Å². The molecular weight excluding hydrogens is 458 g/mol. The normalized spacial score (nSPS) is 16.6. The summed E-state index contributed by atoms with van der Waals surface area (Å²) in [6, 6.07) is 12.1. The highest BCUT2D eigenvalue weighted by Crippen LogP contribution is 2.33. The highest BCUT2D eigenvalue weighted by atomic mass is 32.2. The second-order valence-electron chi connectivity index (χ2n) is 8.00. The van der Waals surface area contributed by atoms with Gasteiger partial charge in [-0.2, -0.15) is 0 Å². The fourth-order valence-electron chi connectivity index (χ4n) is 3.33. The number of ether oxygens (including phenoxy) is 3. The summed E-state index contributed by atoms with van der Waals surface area (Å²) in [7, 11) is -3.40. The van der Waals surface area contributed by atoms with Crippen LogP contribution in [0.5, 0.6) is 17.2 Å². The molecule has 0 amide bonds. The molecule has 10 heteroatoms. The van der Waals surface area contributed by atoms with E-state index in [0.717, 1.165) is 17.0 Å². The number of H-pyrrole nitrogens is 1. The molecule has 0 radical (unpaired) electrons. The third-order valence-electron chi connectivity index (χ3n) is 5.15. The van der Waals surface area contributed by atoms with E-state index in [2.05, 4.69) is 15.0 Å². The molecule has 0 saturated carbocycles. The number of hydrogen-bond donors (Lipinski definition) is 2. The second-order valence-corrected chi connectivity index (χ2v) is 10.2. The van der Waals surface area contributed by atoms with E-state index in [1.165, 1.54) is 12.3 Å². The molecule has 0 aliphatic carbocycles. The fraction of sp³-hybridized carbons (Fsp3) is 0.333. The number of sulfone groups is 1. The van der Waals surface area contributed by atoms with Crippen molar-refractivity contribution in [1.82, 2.24) is 9.97 Å². The van der Waals surface area contributed by atoms with E-state index in [1.807, 2.05) is 31.2 Å². The summed E-state index contributed by atoms with van der Waals surface area (Å²) in [5.74, 6) is 1.89. The zero-order valence-corrected chi connectivity index (χ0v) is 20.0. The number of aliphatic hydroxyl groups excluding tert-OH is 1. The fourth-order valence-corrected chi connectivity index (χ4v) is 4.12. The van der Waals surface area contributed by atoms with E-state index in [-0.39, 0.29) is 23.5 Å². The van der Waals surface area contributed by atoms with Crippen molar-refractivity contribution in [2.45, 2.75) is 38.0 Å². The molecule has 180 valence electrons. The lowest BCUT2D eigenvalue weighted by atomic mass is 10.1. The molecule has 0 fully saturated rings. The Morgan fingerprint density at radius 3 is 2.56 bits per heavy atom. The molecule has 0 bridgehead atoms. The molecular formula is C24H27N3O6S. The number of aliphatic imine (C=N–C) groups is 1. The van der Waals surface area contributed by atoms with Crippen molar-refractivity contribution in [3.05, 3.63) is 54.4 Å². The van der Waals surface area contributed by atoms with Crippen LogP contribution in [0.4, 0.5) is 0 Å². The van der Waals surface area contributed by atoms with Crippen LogP contribution in [0.1, 0.15) is 26.5 Å². The van der Waals surface area contributed by atoms with Crippen LogP contribution in [0, 0.1) is 0 Å². The van der Waals surface area contributed by atoms with E-state index >= 15 is 0 Å². The van der Waals surface area contributed by atoms with Gasteiger partial charge in [0.2, 0.25) is 5.90 Å². The van der Waals surface area contributed by atoms with Gasteiger partial charge in [0.05, 0.1) is 25.1 Å². The van der Waals surface area contributed by atoms with E-state index in [9.17, 15) is 13.5 Å². The smallest absolute Gasteiger partial charge is 0.233 e. The van der Waals surface area contributed by atoms with Gasteiger partial charge in [0.1, 0.15) is 35.2 Å². The predicted molar refractivity (Wildman–Crippen MR) is 127 cm³/mol. The lowest BCUT2D eigenvalue weighted by Gasteiger charge is -2.15. The predicted octanol–water partition coefficient (Wildman–Crippen LogP) is 3.59. The van der Waals surface area contributed by atoms with Crippen LogP contribution in [-0.2, 0) is 14.6 Å². The number of rotatable bonds is 9. The minimum absolute atomic E-state index is 0.00201. The maximum absolute atomic E-state index is 12.0. The Bertz CT molecular complexity index is 1280. The molecule has 3 heterocycles. The van der Waals surface area contributed by atoms with Crippen molar-refractivity contribution < 1.29 is 27.7 Å². The topological polar surface area (TPSA) is 123 Å². The first-order chi connectivity index (χ1) is 16.3. The van der Waals surface area contributed by atoms with Crippen LogP contribution in [0.15, 0.2) is 58.7 Å². The average molecular weight is 486 g/mol. The van der Waals surface area contributed by atoms with Crippen molar-refractivity contribution in [3.63, 3.8) is 0 Å². The Labute approximate surface area is 198 Å². The Morgan fingerprint density at radius 1 is 1.15 bits per heavy atom. The van der Waals surface area contributed by atoms with Gasteiger partial charge < -0.3 is 24.3 Å². The SMILES string of the molecule is CCS(=O)(=O)c1ccc(Oc2cc(O[C@@H](C)CO)cc(-c3ccc(C4=NC[C@H](C)O4)[nH]3)c2)cn1. The van der Waals surface area contributed by atoms with E-state index in [0.29, 0.717) is 29.7 Å². The summed E-state index contributed by atoms with van der Waals surface area (Å²) < 4.78 is 41.5. The van der Waals surface area contributed by atoms with Gasteiger partial charge in [0, 0.05) is 17.3 Å². The monoisotopic (exact) mass is 485 g/mol. The number of aliphatic hydroxyl groups is 1. The molecule has 0 unspecified atom stereocenters. The molecule has 1 aliphatic heterocycles. The zero-order valence-electron chi connectivity index (χ0n) is 19.2. The molecule has 2 atom stereocenters. The summed E-state index contributed by atoms with van der Waals surface area (Å²) in [4.78, 5) is 11.7. The first-order valence-corrected chi connectivity index (χ1v) is 12.6. The Kier molecular flexibility index (Phi) is 6.90. The molecule has 2 N–H and O–H groups in total. The minimum atomic E-state index is -3.40. The van der Waals surface area contributed by atoms with E-state index < -0.39 is 15.9 Å². The molecule has 34 heavy (non-hydrogen) atoms. The van der Waals surface area contributed by atoms with Crippen molar-refractivity contribution in [2.75, 3.05) is 18.9 Å². The molecule has 0 saturated heterocycles. The van der Waals surface area contributed by atoms with Crippen LogP contribution < -0.4 is 9.47 Å². The van der Waals surface area contributed by atoms with Crippen LogP contribution >= 0.6 is 0 Å². The second kappa shape index (κ2) is 9.86. The molecule has 4 rings (SSSR count). The van der Waals surface area contributed by atoms with Crippen molar-refractivity contribution in [2.24, 2.45) is 4.99 Å².